The molecule has 312 valence electrons. The number of thiazole rings is 1. The number of anilines is 2. The molecule has 3 fully saturated rings. The number of aromatic nitrogens is 3. The number of halogens is 1. The highest BCUT2D eigenvalue weighted by atomic mass is 32.1. The third-order valence-electron chi connectivity index (χ3n) is 13.5. The van der Waals surface area contributed by atoms with Gasteiger partial charge in [0, 0.05) is 85.9 Å². The summed E-state index contributed by atoms with van der Waals surface area (Å²) in [7, 11) is 0. The van der Waals surface area contributed by atoms with E-state index >= 15 is 4.39 Å². The van der Waals surface area contributed by atoms with Gasteiger partial charge < -0.3 is 29.3 Å². The highest BCUT2D eigenvalue weighted by Gasteiger charge is 2.42. The van der Waals surface area contributed by atoms with E-state index in [0.717, 1.165) is 49.4 Å². The maximum absolute atomic E-state index is 15.9. The maximum Gasteiger partial charge on any atom is 0.255 e. The van der Waals surface area contributed by atoms with Crippen LogP contribution in [0.2, 0.25) is 0 Å². The molecule has 4 aliphatic heterocycles. The zero-order chi connectivity index (χ0) is 40.5. The normalized spacial score (nSPS) is 20.8. The monoisotopic (exact) mass is 822 g/mol. The van der Waals surface area contributed by atoms with Crippen molar-refractivity contribution >= 4 is 39.9 Å². The first-order valence-corrected chi connectivity index (χ1v) is 22.6. The summed E-state index contributed by atoms with van der Waals surface area (Å²) < 4.78 is 17.9. The van der Waals surface area contributed by atoms with E-state index in [0.29, 0.717) is 61.5 Å². The van der Waals surface area contributed by atoms with Crippen LogP contribution in [0.3, 0.4) is 0 Å². The highest BCUT2D eigenvalue weighted by Crippen LogP contribution is 2.38. The second kappa shape index (κ2) is 17.1. The molecular formula is C45H55FN8O4S. The molecule has 2 aromatic heterocycles. The van der Waals surface area contributed by atoms with Crippen LogP contribution in [0, 0.1) is 5.82 Å². The fourth-order valence-electron chi connectivity index (χ4n) is 10.1. The number of aryl methyl sites for hydroxylation is 1. The van der Waals surface area contributed by atoms with Gasteiger partial charge in [0.05, 0.1) is 30.6 Å². The highest BCUT2D eigenvalue weighted by molar-refractivity contribution is 7.13. The lowest BCUT2D eigenvalue weighted by atomic mass is 9.86. The number of carbonyl (C=O) groups is 3. The Kier molecular flexibility index (Phi) is 11.6. The van der Waals surface area contributed by atoms with E-state index in [2.05, 4.69) is 25.1 Å². The molecule has 1 saturated carbocycles. The van der Waals surface area contributed by atoms with E-state index in [9.17, 15) is 19.5 Å². The molecule has 14 heteroatoms. The van der Waals surface area contributed by atoms with Gasteiger partial charge in [-0.3, -0.25) is 19.7 Å². The Morgan fingerprint density at radius 3 is 2.34 bits per heavy atom. The number of piperidine rings is 1. The number of aliphatic hydroxyl groups is 1. The molecule has 2 N–H and O–H groups in total. The Labute approximate surface area is 349 Å². The first-order valence-electron chi connectivity index (χ1n) is 21.7. The summed E-state index contributed by atoms with van der Waals surface area (Å²) in [6.07, 6.45) is 17.0. The Bertz CT molecular complexity index is 2130. The molecule has 5 aliphatic rings. The van der Waals surface area contributed by atoms with Crippen molar-refractivity contribution in [1.29, 1.82) is 0 Å². The van der Waals surface area contributed by atoms with Gasteiger partial charge >= 0.3 is 0 Å². The lowest BCUT2D eigenvalue weighted by molar-refractivity contribution is -0.139. The Morgan fingerprint density at radius 2 is 1.63 bits per heavy atom. The summed E-state index contributed by atoms with van der Waals surface area (Å²) in [4.78, 5) is 58.4. The van der Waals surface area contributed by atoms with Crippen molar-refractivity contribution in [2.24, 2.45) is 0 Å². The number of nitrogens with one attached hydrogen (secondary N) is 1. The molecule has 1 atom stereocenters. The van der Waals surface area contributed by atoms with Crippen LogP contribution in [-0.4, -0.2) is 103 Å². The molecule has 3 amide bonds. The van der Waals surface area contributed by atoms with Gasteiger partial charge in [-0.2, -0.15) is 0 Å². The molecule has 0 radical (unpaired) electrons. The number of rotatable bonds is 9. The van der Waals surface area contributed by atoms with E-state index in [4.69, 9.17) is 0 Å². The fourth-order valence-corrected chi connectivity index (χ4v) is 10.6. The number of hydrogen-bond acceptors (Lipinski definition) is 9. The second-order valence-electron chi connectivity index (χ2n) is 17.2. The van der Waals surface area contributed by atoms with Crippen molar-refractivity contribution in [3.8, 4) is 11.1 Å². The first-order chi connectivity index (χ1) is 28.7. The smallest absolute Gasteiger partial charge is 0.255 e. The van der Waals surface area contributed by atoms with Gasteiger partial charge in [-0.1, -0.05) is 50.7 Å². The quantitative estimate of drug-likeness (QED) is 0.189. The van der Waals surface area contributed by atoms with Crippen LogP contribution in [0.5, 0.6) is 0 Å². The van der Waals surface area contributed by atoms with Crippen molar-refractivity contribution in [1.82, 2.24) is 29.2 Å². The minimum absolute atomic E-state index is 0.0328. The number of fused-ring (bicyclic) bond motifs is 2. The van der Waals surface area contributed by atoms with E-state index in [1.165, 1.54) is 73.7 Å². The molecule has 4 aromatic rings. The topological polar surface area (TPSA) is 127 Å². The Balaban J connectivity index is 0.816. The van der Waals surface area contributed by atoms with Crippen molar-refractivity contribution in [2.45, 2.75) is 114 Å². The van der Waals surface area contributed by atoms with E-state index in [1.54, 1.807) is 24.0 Å². The number of imidazole rings is 1. The van der Waals surface area contributed by atoms with Gasteiger partial charge in [-0.25, -0.2) is 14.4 Å². The second-order valence-corrected chi connectivity index (χ2v) is 18.1. The molecule has 2 aromatic carbocycles. The molecule has 1 aliphatic carbocycles. The Hall–Kier alpha value is -4.66. The van der Waals surface area contributed by atoms with Crippen LogP contribution in [0.25, 0.3) is 11.1 Å². The zero-order valence-corrected chi connectivity index (χ0v) is 34.6. The predicted molar refractivity (Wildman–Crippen MR) is 226 cm³/mol. The number of benzene rings is 2. The standard InChI is InChI=1S/C45H55FN8O4S/c46-37-27-32(26-35-36(37)29-54(43(35)57)41(42(56)49-44-47-17-25-59-44)40-38-10-7-18-53(38)30-48-40)31-11-13-34(14-12-31)51-21-23-52(24-22-51)39(55)28-45(58)15-19-50(20-16-45)33-8-5-3-1-2-4-6-9-33/h11-14,17,25-27,30,33,41,58H,1-10,15-16,18-24,28-29H2,(H,47,49,56). The maximum atomic E-state index is 15.9. The van der Waals surface area contributed by atoms with E-state index in [1.807, 2.05) is 33.7 Å². The summed E-state index contributed by atoms with van der Waals surface area (Å²) in [6.45, 7) is 5.01. The van der Waals surface area contributed by atoms with Crippen molar-refractivity contribution in [3.05, 3.63) is 82.6 Å². The SMILES string of the molecule is O=C(Nc1nccs1)C(c1ncn2c1CCC2)N1Cc2c(F)cc(-c3ccc(N4CCN(C(=O)CC5(O)CCN(C6CCCCCCCC6)CC5)CC4)cc3)cc2C1=O. The van der Waals surface area contributed by atoms with Gasteiger partial charge in [0.15, 0.2) is 11.2 Å². The van der Waals surface area contributed by atoms with E-state index in [-0.39, 0.29) is 30.0 Å². The third kappa shape index (κ3) is 8.40. The van der Waals surface area contributed by atoms with Crippen molar-refractivity contribution < 1.29 is 23.9 Å². The molecule has 12 nitrogen and oxygen atoms in total. The average molecular weight is 823 g/mol. The molecule has 0 spiro atoms. The van der Waals surface area contributed by atoms with Crippen LogP contribution in [0.1, 0.15) is 110 Å². The number of piperazine rings is 1. The molecular weight excluding hydrogens is 768 g/mol. The van der Waals surface area contributed by atoms with Gasteiger partial charge in [0.2, 0.25) is 5.91 Å². The summed E-state index contributed by atoms with van der Waals surface area (Å²) in [6, 6.07) is 10.6. The van der Waals surface area contributed by atoms with Crippen LogP contribution < -0.4 is 10.2 Å². The predicted octanol–water partition coefficient (Wildman–Crippen LogP) is 6.80. The first kappa shape index (κ1) is 39.8. The lowest BCUT2D eigenvalue weighted by Crippen LogP contribution is -2.53. The summed E-state index contributed by atoms with van der Waals surface area (Å²) in [5.41, 5.74) is 3.36. The van der Waals surface area contributed by atoms with E-state index < -0.39 is 29.3 Å². The number of likely N-dealkylation sites (tertiary alicyclic amines) is 1. The largest absolute Gasteiger partial charge is 0.389 e. The molecule has 59 heavy (non-hydrogen) atoms. The minimum atomic E-state index is -1.04. The third-order valence-corrected chi connectivity index (χ3v) is 14.2. The van der Waals surface area contributed by atoms with Crippen molar-refractivity contribution in [3.63, 3.8) is 0 Å². The van der Waals surface area contributed by atoms with Crippen LogP contribution >= 0.6 is 11.3 Å². The van der Waals surface area contributed by atoms with Crippen molar-refractivity contribution in [2.75, 3.05) is 49.5 Å². The molecule has 9 rings (SSSR count). The summed E-state index contributed by atoms with van der Waals surface area (Å²) in [5.74, 6) is -1.31. The number of hydrogen-bond donors (Lipinski definition) is 2. The fraction of sp³-hybridized carbons (Fsp3) is 0.533. The van der Waals surface area contributed by atoms with Gasteiger partial charge in [0.1, 0.15) is 5.82 Å². The van der Waals surface area contributed by atoms with Crippen LogP contribution in [0.15, 0.2) is 54.3 Å². The van der Waals surface area contributed by atoms with Crippen LogP contribution in [0.4, 0.5) is 15.2 Å². The molecule has 2 saturated heterocycles. The van der Waals surface area contributed by atoms with Gasteiger partial charge in [-0.05, 0) is 73.9 Å². The number of amides is 3. The average Bonchev–Trinajstić information content (AvgIpc) is 4.07. The number of carbonyl (C=O) groups excluding carboxylic acids is 3. The zero-order valence-electron chi connectivity index (χ0n) is 33.8. The molecule has 6 heterocycles. The Morgan fingerprint density at radius 1 is 0.898 bits per heavy atom. The summed E-state index contributed by atoms with van der Waals surface area (Å²) in [5, 5.41) is 16.5. The van der Waals surface area contributed by atoms with Crippen LogP contribution in [-0.2, 0) is 29.1 Å². The number of nitrogens with zero attached hydrogens (tertiary/aromatic N) is 7. The van der Waals surface area contributed by atoms with Gasteiger partial charge in [0.25, 0.3) is 11.8 Å². The minimum Gasteiger partial charge on any atom is -0.389 e. The summed E-state index contributed by atoms with van der Waals surface area (Å²) >= 11 is 1.29. The molecule has 1 unspecified atom stereocenters. The van der Waals surface area contributed by atoms with Gasteiger partial charge in [-0.15, -0.1) is 11.3 Å². The molecule has 0 bridgehead atoms. The lowest BCUT2D eigenvalue weighted by Gasteiger charge is -2.43.